The molecule has 0 amide bonds. The number of carbonyl (C=O) groups is 1. The van der Waals surface area contributed by atoms with Gasteiger partial charge < -0.3 is 18.6 Å². The molecule has 1 aromatic heterocycles. The molecule has 0 spiro atoms. The van der Waals surface area contributed by atoms with Gasteiger partial charge in [0.1, 0.15) is 17.6 Å². The van der Waals surface area contributed by atoms with Crippen molar-refractivity contribution in [2.75, 3.05) is 13.2 Å². The van der Waals surface area contributed by atoms with Crippen LogP contribution in [0.2, 0.25) is 0 Å². The standard InChI is InChI=1S/C19H15FO6/c1-2-23-18(21)11-24-12-7-8-13-16(9-12)25-10-17(19(13)22)26-15-6-4-3-5-14(15)20/h3-10H,2,11H2,1H3. The van der Waals surface area contributed by atoms with Crippen molar-refractivity contribution >= 4 is 16.9 Å². The SMILES string of the molecule is CCOC(=O)COc1ccc2c(=O)c(Oc3ccccc3F)coc2c1. The molecule has 3 rings (SSSR count). The zero-order valence-corrected chi connectivity index (χ0v) is 13.9. The molecule has 0 saturated heterocycles. The monoisotopic (exact) mass is 358 g/mol. The van der Waals surface area contributed by atoms with Crippen molar-refractivity contribution in [2.45, 2.75) is 6.92 Å². The second kappa shape index (κ2) is 7.69. The van der Waals surface area contributed by atoms with Gasteiger partial charge in [0.2, 0.25) is 11.2 Å². The van der Waals surface area contributed by atoms with E-state index in [1.54, 1.807) is 13.0 Å². The van der Waals surface area contributed by atoms with Gasteiger partial charge in [0.05, 0.1) is 12.0 Å². The fourth-order valence-electron chi connectivity index (χ4n) is 2.24. The summed E-state index contributed by atoms with van der Waals surface area (Å²) in [5.74, 6) is -0.954. The first kappa shape index (κ1) is 17.5. The van der Waals surface area contributed by atoms with Crippen LogP contribution in [0.1, 0.15) is 6.92 Å². The fourth-order valence-corrected chi connectivity index (χ4v) is 2.24. The quantitative estimate of drug-likeness (QED) is 0.626. The first-order valence-corrected chi connectivity index (χ1v) is 7.85. The summed E-state index contributed by atoms with van der Waals surface area (Å²) in [5.41, 5.74) is -0.205. The van der Waals surface area contributed by atoms with Crippen LogP contribution in [-0.4, -0.2) is 19.2 Å². The van der Waals surface area contributed by atoms with E-state index in [1.807, 2.05) is 0 Å². The average Bonchev–Trinajstić information content (AvgIpc) is 2.64. The second-order valence-electron chi connectivity index (χ2n) is 5.21. The van der Waals surface area contributed by atoms with Gasteiger partial charge in [0.15, 0.2) is 18.2 Å². The van der Waals surface area contributed by atoms with Gasteiger partial charge in [-0.2, -0.15) is 0 Å². The zero-order chi connectivity index (χ0) is 18.5. The molecule has 0 radical (unpaired) electrons. The van der Waals surface area contributed by atoms with Gasteiger partial charge in [-0.25, -0.2) is 9.18 Å². The Morgan fingerprint density at radius 1 is 1.15 bits per heavy atom. The minimum absolute atomic E-state index is 0.0754. The molecule has 0 N–H and O–H groups in total. The van der Waals surface area contributed by atoms with Crippen molar-refractivity contribution in [1.82, 2.24) is 0 Å². The van der Waals surface area contributed by atoms with E-state index in [1.165, 1.54) is 36.4 Å². The number of ether oxygens (including phenoxy) is 3. The normalized spacial score (nSPS) is 10.5. The van der Waals surface area contributed by atoms with E-state index in [-0.39, 0.29) is 35.7 Å². The number of benzene rings is 2. The summed E-state index contributed by atoms with van der Waals surface area (Å²) in [6.45, 7) is 1.71. The first-order chi connectivity index (χ1) is 12.6. The van der Waals surface area contributed by atoms with Crippen LogP contribution < -0.4 is 14.9 Å². The predicted molar refractivity (Wildman–Crippen MR) is 91.1 cm³/mol. The van der Waals surface area contributed by atoms with Crippen molar-refractivity contribution in [2.24, 2.45) is 0 Å². The van der Waals surface area contributed by atoms with E-state index in [2.05, 4.69) is 0 Å². The third-order valence-electron chi connectivity index (χ3n) is 3.43. The van der Waals surface area contributed by atoms with E-state index in [0.29, 0.717) is 5.75 Å². The Morgan fingerprint density at radius 3 is 2.73 bits per heavy atom. The summed E-state index contributed by atoms with van der Waals surface area (Å²) in [5, 5.41) is 0.238. The molecule has 0 saturated carbocycles. The van der Waals surface area contributed by atoms with Crippen molar-refractivity contribution in [3.8, 4) is 17.2 Å². The summed E-state index contributed by atoms with van der Waals surface area (Å²) in [7, 11) is 0. The number of halogens is 1. The molecule has 0 unspecified atom stereocenters. The molecule has 26 heavy (non-hydrogen) atoms. The van der Waals surface area contributed by atoms with E-state index >= 15 is 0 Å². The lowest BCUT2D eigenvalue weighted by Crippen LogP contribution is -2.14. The molecular weight excluding hydrogens is 343 g/mol. The maximum absolute atomic E-state index is 13.7. The van der Waals surface area contributed by atoms with Crippen LogP contribution >= 0.6 is 0 Å². The Kier molecular flexibility index (Phi) is 5.17. The lowest BCUT2D eigenvalue weighted by Gasteiger charge is -2.08. The number of rotatable bonds is 6. The maximum Gasteiger partial charge on any atom is 0.344 e. The number of para-hydroxylation sites is 1. The second-order valence-corrected chi connectivity index (χ2v) is 5.21. The molecule has 2 aromatic carbocycles. The van der Waals surface area contributed by atoms with Gasteiger partial charge >= 0.3 is 5.97 Å². The van der Waals surface area contributed by atoms with Crippen LogP contribution in [0.5, 0.6) is 17.2 Å². The molecule has 7 heteroatoms. The Morgan fingerprint density at radius 2 is 1.96 bits per heavy atom. The van der Waals surface area contributed by atoms with Crippen LogP contribution in [0.3, 0.4) is 0 Å². The van der Waals surface area contributed by atoms with Crippen LogP contribution in [0.15, 0.2) is 57.9 Å². The number of fused-ring (bicyclic) bond motifs is 1. The number of carbonyl (C=O) groups excluding carboxylic acids is 1. The summed E-state index contributed by atoms with van der Waals surface area (Å²) in [4.78, 5) is 23.8. The molecule has 0 aliphatic heterocycles. The third-order valence-corrected chi connectivity index (χ3v) is 3.43. The van der Waals surface area contributed by atoms with E-state index < -0.39 is 17.2 Å². The third kappa shape index (κ3) is 3.83. The summed E-state index contributed by atoms with van der Waals surface area (Å²) >= 11 is 0. The van der Waals surface area contributed by atoms with Gasteiger partial charge in [-0.3, -0.25) is 4.79 Å². The van der Waals surface area contributed by atoms with Crippen molar-refractivity contribution in [3.63, 3.8) is 0 Å². The largest absolute Gasteiger partial charge is 0.482 e. The van der Waals surface area contributed by atoms with Gasteiger partial charge in [0.25, 0.3) is 0 Å². The van der Waals surface area contributed by atoms with Crippen LogP contribution in [0.4, 0.5) is 4.39 Å². The smallest absolute Gasteiger partial charge is 0.344 e. The van der Waals surface area contributed by atoms with E-state index in [9.17, 15) is 14.0 Å². The molecule has 0 fully saturated rings. The van der Waals surface area contributed by atoms with E-state index in [4.69, 9.17) is 18.6 Å². The van der Waals surface area contributed by atoms with Gasteiger partial charge in [0, 0.05) is 6.07 Å². The first-order valence-electron chi connectivity index (χ1n) is 7.85. The Balaban J connectivity index is 1.84. The van der Waals surface area contributed by atoms with Gasteiger partial charge in [-0.05, 0) is 31.2 Å². The molecular formula is C19H15FO6. The lowest BCUT2D eigenvalue weighted by molar-refractivity contribution is -0.145. The highest BCUT2D eigenvalue weighted by Gasteiger charge is 2.12. The molecule has 134 valence electrons. The van der Waals surface area contributed by atoms with Crippen molar-refractivity contribution in [1.29, 1.82) is 0 Å². The number of hydrogen-bond donors (Lipinski definition) is 0. The molecule has 1 heterocycles. The molecule has 0 aliphatic carbocycles. The Bertz CT molecular complexity index is 995. The van der Waals surface area contributed by atoms with Crippen molar-refractivity contribution in [3.05, 3.63) is 64.8 Å². The molecule has 0 aliphatic rings. The van der Waals surface area contributed by atoms with Crippen molar-refractivity contribution < 1.29 is 27.8 Å². The molecule has 0 bridgehead atoms. The van der Waals surface area contributed by atoms with Gasteiger partial charge in [-0.15, -0.1) is 0 Å². The number of esters is 1. The number of hydrogen-bond acceptors (Lipinski definition) is 6. The summed E-state index contributed by atoms with van der Waals surface area (Å²) in [6.07, 6.45) is 1.10. The predicted octanol–water partition coefficient (Wildman–Crippen LogP) is 3.67. The topological polar surface area (TPSA) is 75.0 Å². The van der Waals surface area contributed by atoms with Crippen LogP contribution in [0.25, 0.3) is 11.0 Å². The average molecular weight is 358 g/mol. The Labute approximate surface area is 147 Å². The van der Waals surface area contributed by atoms with E-state index in [0.717, 1.165) is 6.26 Å². The van der Waals surface area contributed by atoms with Crippen LogP contribution in [0, 0.1) is 5.82 Å². The Hall–Kier alpha value is -3.35. The van der Waals surface area contributed by atoms with Gasteiger partial charge in [-0.1, -0.05) is 12.1 Å². The van der Waals surface area contributed by atoms with Crippen LogP contribution in [-0.2, 0) is 9.53 Å². The molecule has 6 nitrogen and oxygen atoms in total. The highest BCUT2D eigenvalue weighted by atomic mass is 19.1. The molecule has 3 aromatic rings. The maximum atomic E-state index is 13.7. The molecule has 0 atom stereocenters. The lowest BCUT2D eigenvalue weighted by atomic mass is 10.2. The summed E-state index contributed by atoms with van der Waals surface area (Å²) in [6, 6.07) is 10.2. The fraction of sp³-hybridized carbons (Fsp3) is 0.158. The highest BCUT2D eigenvalue weighted by Crippen LogP contribution is 2.25. The minimum atomic E-state index is -0.588. The highest BCUT2D eigenvalue weighted by molar-refractivity contribution is 5.79. The zero-order valence-electron chi connectivity index (χ0n) is 13.9. The minimum Gasteiger partial charge on any atom is -0.482 e. The summed E-state index contributed by atoms with van der Waals surface area (Å²) < 4.78 is 34.4.